The lowest BCUT2D eigenvalue weighted by Gasteiger charge is -2.40. The first-order chi connectivity index (χ1) is 15.0. The summed E-state index contributed by atoms with van der Waals surface area (Å²) in [6.45, 7) is 15.1. The largest absolute Gasteiger partial charge is 0.414 e. The van der Waals surface area contributed by atoms with E-state index in [0.717, 1.165) is 32.1 Å². The third-order valence-electron chi connectivity index (χ3n) is 6.70. The van der Waals surface area contributed by atoms with E-state index < -0.39 is 26.5 Å². The molecule has 0 aliphatic rings. The highest BCUT2D eigenvalue weighted by Crippen LogP contribution is 2.37. The van der Waals surface area contributed by atoms with Crippen LogP contribution in [0.25, 0.3) is 0 Å². The Labute approximate surface area is 200 Å². The molecule has 1 amide bonds. The number of benzene rings is 1. The van der Waals surface area contributed by atoms with Crippen LogP contribution in [0.2, 0.25) is 18.1 Å². The number of hydrogen-bond acceptors (Lipinski definition) is 2. The molecule has 1 atom stereocenters. The molecule has 1 aromatic rings. The molecule has 0 aromatic heterocycles. The van der Waals surface area contributed by atoms with Crippen molar-refractivity contribution in [3.63, 3.8) is 0 Å². The van der Waals surface area contributed by atoms with E-state index in [1.165, 1.54) is 11.1 Å². The van der Waals surface area contributed by atoms with Gasteiger partial charge in [0.15, 0.2) is 8.32 Å². The first-order valence-corrected chi connectivity index (χ1v) is 15.0. The van der Waals surface area contributed by atoms with Crippen LogP contribution in [0.1, 0.15) is 84.3 Å². The number of nitrogens with one attached hydrogen (secondary N) is 1. The quantitative estimate of drug-likeness (QED) is 0.230. The second kappa shape index (κ2) is 12.4. The summed E-state index contributed by atoms with van der Waals surface area (Å²) >= 11 is 0. The number of halogens is 3. The number of amides is 1. The van der Waals surface area contributed by atoms with Crippen LogP contribution in [0.5, 0.6) is 0 Å². The van der Waals surface area contributed by atoms with Crippen LogP contribution in [0.15, 0.2) is 24.3 Å². The molecule has 0 saturated heterocycles. The van der Waals surface area contributed by atoms with E-state index >= 15 is 0 Å². The average molecular weight is 488 g/mol. The van der Waals surface area contributed by atoms with Gasteiger partial charge in [-0.2, -0.15) is 13.2 Å². The number of carbonyl (C=O) groups is 1. The molecule has 7 heteroatoms. The summed E-state index contributed by atoms with van der Waals surface area (Å²) < 4.78 is 43.0. The molecular formula is C26H44F3NO2Si. The molecule has 0 aliphatic heterocycles. The Morgan fingerprint density at radius 3 is 1.88 bits per heavy atom. The summed E-state index contributed by atoms with van der Waals surface area (Å²) in [5.74, 6) is -0.0538. The number of carbonyl (C=O) groups excluding carboxylic acids is 1. The highest BCUT2D eigenvalue weighted by atomic mass is 28.4. The minimum absolute atomic E-state index is 0.0538. The predicted octanol–water partition coefficient (Wildman–Crippen LogP) is 7.59. The van der Waals surface area contributed by atoms with Gasteiger partial charge in [-0.1, -0.05) is 57.9 Å². The van der Waals surface area contributed by atoms with Crippen molar-refractivity contribution in [1.29, 1.82) is 0 Å². The van der Waals surface area contributed by atoms with Gasteiger partial charge in [0.05, 0.1) is 12.1 Å². The van der Waals surface area contributed by atoms with Gasteiger partial charge in [-0.05, 0) is 68.3 Å². The molecule has 0 fully saturated rings. The molecule has 33 heavy (non-hydrogen) atoms. The standard InChI is InChI=1S/C26H44F3NO2Si/c1-21(31)30-25(5,20-32-33(6,7)24(2,3)4)19-17-23-15-13-22(14-16-23)12-10-8-9-11-18-26(27,28)29/h13-16H,8-12,17-20H2,1-7H3,(H,30,31)/t25-/m1/s1. The summed E-state index contributed by atoms with van der Waals surface area (Å²) in [5.41, 5.74) is 1.98. The van der Waals surface area contributed by atoms with Gasteiger partial charge < -0.3 is 9.74 Å². The van der Waals surface area contributed by atoms with Gasteiger partial charge in [0.25, 0.3) is 0 Å². The molecule has 0 bridgehead atoms. The molecule has 190 valence electrons. The second-order valence-electron chi connectivity index (χ2n) is 11.1. The minimum Gasteiger partial charge on any atom is -0.414 e. The molecular weight excluding hydrogens is 443 g/mol. The van der Waals surface area contributed by atoms with Crippen LogP contribution in [0.3, 0.4) is 0 Å². The Balaban J connectivity index is 2.55. The lowest BCUT2D eigenvalue weighted by Crippen LogP contribution is -2.53. The van der Waals surface area contributed by atoms with Crippen LogP contribution < -0.4 is 5.32 Å². The smallest absolute Gasteiger partial charge is 0.389 e. The van der Waals surface area contributed by atoms with Gasteiger partial charge in [0.1, 0.15) is 0 Å². The number of aryl methyl sites for hydroxylation is 2. The minimum atomic E-state index is -4.04. The number of hydrogen-bond donors (Lipinski definition) is 1. The van der Waals surface area contributed by atoms with Gasteiger partial charge in [-0.15, -0.1) is 0 Å². The molecule has 1 rings (SSSR count). The number of unbranched alkanes of at least 4 members (excludes halogenated alkanes) is 3. The van der Waals surface area contributed by atoms with Gasteiger partial charge in [-0.3, -0.25) is 4.79 Å². The van der Waals surface area contributed by atoms with Crippen molar-refractivity contribution < 1.29 is 22.4 Å². The monoisotopic (exact) mass is 487 g/mol. The molecule has 0 spiro atoms. The van der Waals surface area contributed by atoms with Crippen molar-refractivity contribution >= 4 is 14.2 Å². The van der Waals surface area contributed by atoms with Crippen molar-refractivity contribution in [3.05, 3.63) is 35.4 Å². The first-order valence-electron chi connectivity index (χ1n) is 12.1. The zero-order valence-electron chi connectivity index (χ0n) is 21.6. The zero-order chi connectivity index (χ0) is 25.3. The van der Waals surface area contributed by atoms with E-state index in [9.17, 15) is 18.0 Å². The van der Waals surface area contributed by atoms with Crippen molar-refractivity contribution in [1.82, 2.24) is 5.32 Å². The summed E-state index contributed by atoms with van der Waals surface area (Å²) in [4.78, 5) is 11.8. The van der Waals surface area contributed by atoms with Crippen molar-refractivity contribution in [3.8, 4) is 0 Å². The van der Waals surface area contributed by atoms with Gasteiger partial charge in [-0.25, -0.2) is 0 Å². The van der Waals surface area contributed by atoms with Crippen LogP contribution in [0.4, 0.5) is 13.2 Å². The van der Waals surface area contributed by atoms with E-state index in [1.54, 1.807) is 6.92 Å². The van der Waals surface area contributed by atoms with E-state index in [0.29, 0.717) is 13.0 Å². The number of alkyl halides is 3. The first kappa shape index (κ1) is 29.7. The van der Waals surface area contributed by atoms with E-state index in [4.69, 9.17) is 4.43 Å². The highest BCUT2D eigenvalue weighted by Gasteiger charge is 2.39. The maximum atomic E-state index is 12.2. The van der Waals surface area contributed by atoms with Crippen molar-refractivity contribution in [2.75, 3.05) is 6.61 Å². The number of rotatable bonds is 13. The molecule has 0 heterocycles. The topological polar surface area (TPSA) is 38.3 Å². The van der Waals surface area contributed by atoms with E-state index in [1.807, 2.05) is 0 Å². The molecule has 1 N–H and O–H groups in total. The molecule has 1 aromatic carbocycles. The molecule has 0 saturated carbocycles. The third-order valence-corrected chi connectivity index (χ3v) is 11.2. The molecule has 3 nitrogen and oxygen atoms in total. The average Bonchev–Trinajstić information content (AvgIpc) is 2.66. The lowest BCUT2D eigenvalue weighted by molar-refractivity contribution is -0.135. The maximum Gasteiger partial charge on any atom is 0.389 e. The molecule has 0 unspecified atom stereocenters. The summed E-state index contributed by atoms with van der Waals surface area (Å²) in [5, 5.41) is 3.21. The maximum absolute atomic E-state index is 12.2. The van der Waals surface area contributed by atoms with Crippen LogP contribution in [0, 0.1) is 0 Å². The van der Waals surface area contributed by atoms with E-state index in [-0.39, 0.29) is 17.4 Å². The Morgan fingerprint density at radius 1 is 0.879 bits per heavy atom. The Morgan fingerprint density at radius 2 is 1.39 bits per heavy atom. The Kier molecular flexibility index (Phi) is 11.1. The fourth-order valence-electron chi connectivity index (χ4n) is 3.45. The molecule has 0 aliphatic carbocycles. The third kappa shape index (κ3) is 12.1. The van der Waals surface area contributed by atoms with Gasteiger partial charge >= 0.3 is 6.18 Å². The highest BCUT2D eigenvalue weighted by molar-refractivity contribution is 6.74. The SMILES string of the molecule is CC(=O)N[C@](C)(CCc1ccc(CCCCCCC(F)(F)F)cc1)CO[Si](C)(C)C(C)(C)C. The van der Waals surface area contributed by atoms with E-state index in [2.05, 4.69) is 70.4 Å². The summed E-state index contributed by atoms with van der Waals surface area (Å²) in [6.07, 6.45) is 0.336. The predicted molar refractivity (Wildman–Crippen MR) is 133 cm³/mol. The fourth-order valence-corrected chi connectivity index (χ4v) is 4.57. The Hall–Kier alpha value is -1.34. The summed E-state index contributed by atoms with van der Waals surface area (Å²) in [6, 6.07) is 8.43. The van der Waals surface area contributed by atoms with Crippen molar-refractivity contribution in [2.24, 2.45) is 0 Å². The van der Waals surface area contributed by atoms with Crippen LogP contribution in [-0.4, -0.2) is 32.5 Å². The Bertz CT molecular complexity index is 727. The molecule has 0 radical (unpaired) electrons. The normalized spacial score (nSPS) is 14.7. The second-order valence-corrected chi connectivity index (χ2v) is 15.9. The van der Waals surface area contributed by atoms with Crippen molar-refractivity contribution in [2.45, 2.75) is 116 Å². The zero-order valence-corrected chi connectivity index (χ0v) is 22.6. The van der Waals surface area contributed by atoms with Crippen LogP contribution in [-0.2, 0) is 22.1 Å². The van der Waals surface area contributed by atoms with Gasteiger partial charge in [0, 0.05) is 13.3 Å². The van der Waals surface area contributed by atoms with Gasteiger partial charge in [0.2, 0.25) is 5.91 Å². The fraction of sp³-hybridized carbons (Fsp3) is 0.731. The lowest BCUT2D eigenvalue weighted by atomic mass is 9.93. The van der Waals surface area contributed by atoms with Crippen LogP contribution >= 0.6 is 0 Å². The summed E-state index contributed by atoms with van der Waals surface area (Å²) in [7, 11) is -1.92.